The minimum absolute atomic E-state index is 0.781. The van der Waals surface area contributed by atoms with E-state index in [2.05, 4.69) is 32.6 Å². The molecule has 2 rings (SSSR count). The third-order valence-electron chi connectivity index (χ3n) is 2.50. The van der Waals surface area contributed by atoms with Gasteiger partial charge in [-0.15, -0.1) is 0 Å². The van der Waals surface area contributed by atoms with E-state index in [-0.39, 0.29) is 0 Å². The molecule has 0 aromatic carbocycles. The van der Waals surface area contributed by atoms with Crippen molar-refractivity contribution in [1.82, 2.24) is 19.7 Å². The fraction of sp³-hybridized carbons (Fsp3) is 0.364. The third kappa shape index (κ3) is 2.35. The summed E-state index contributed by atoms with van der Waals surface area (Å²) in [6.45, 7) is 2.07. The van der Waals surface area contributed by atoms with E-state index in [4.69, 9.17) is 0 Å². The number of aromatic nitrogens is 4. The molecular formula is C11H16N6. The number of anilines is 3. The van der Waals surface area contributed by atoms with E-state index in [1.165, 1.54) is 6.33 Å². The van der Waals surface area contributed by atoms with Crippen LogP contribution in [0.15, 0.2) is 18.6 Å². The van der Waals surface area contributed by atoms with Gasteiger partial charge in [-0.05, 0) is 6.42 Å². The number of nitrogens with one attached hydrogen (secondary N) is 2. The van der Waals surface area contributed by atoms with Crippen LogP contribution in [0.1, 0.15) is 12.5 Å². The second-order valence-electron chi connectivity index (χ2n) is 3.65. The first kappa shape index (κ1) is 11.4. The normalized spacial score (nSPS) is 10.3. The summed E-state index contributed by atoms with van der Waals surface area (Å²) in [7, 11) is 3.73. The molecule has 2 N–H and O–H groups in total. The summed E-state index contributed by atoms with van der Waals surface area (Å²) in [4.78, 5) is 8.44. The van der Waals surface area contributed by atoms with Crippen molar-refractivity contribution in [3.63, 3.8) is 0 Å². The first-order chi connectivity index (χ1) is 8.24. The van der Waals surface area contributed by atoms with Gasteiger partial charge in [0.25, 0.3) is 0 Å². The Kier molecular flexibility index (Phi) is 3.22. The monoisotopic (exact) mass is 232 g/mol. The summed E-state index contributed by atoms with van der Waals surface area (Å²) in [6, 6.07) is 1.90. The highest BCUT2D eigenvalue weighted by Gasteiger charge is 2.09. The lowest BCUT2D eigenvalue weighted by atomic mass is 10.2. The maximum atomic E-state index is 4.26. The van der Waals surface area contributed by atoms with E-state index in [9.17, 15) is 0 Å². The topological polar surface area (TPSA) is 67.7 Å². The number of aryl methyl sites for hydroxylation is 1. The largest absolute Gasteiger partial charge is 0.373 e. The molecule has 2 heterocycles. The van der Waals surface area contributed by atoms with E-state index in [1.807, 2.05) is 26.4 Å². The zero-order valence-electron chi connectivity index (χ0n) is 10.2. The molecule has 0 saturated carbocycles. The first-order valence-corrected chi connectivity index (χ1v) is 5.53. The fourth-order valence-corrected chi connectivity index (χ4v) is 1.67. The van der Waals surface area contributed by atoms with Gasteiger partial charge in [0.1, 0.15) is 18.0 Å². The van der Waals surface area contributed by atoms with E-state index >= 15 is 0 Å². The molecule has 0 atom stereocenters. The number of hydrogen-bond acceptors (Lipinski definition) is 5. The minimum atomic E-state index is 0.781. The van der Waals surface area contributed by atoms with E-state index in [0.717, 1.165) is 29.4 Å². The minimum Gasteiger partial charge on any atom is -0.373 e. The predicted molar refractivity (Wildman–Crippen MR) is 67.4 cm³/mol. The van der Waals surface area contributed by atoms with Gasteiger partial charge in [0.2, 0.25) is 0 Å². The van der Waals surface area contributed by atoms with E-state index < -0.39 is 0 Å². The Morgan fingerprint density at radius 2 is 2.06 bits per heavy atom. The molecular weight excluding hydrogens is 216 g/mol. The maximum Gasteiger partial charge on any atom is 0.153 e. The van der Waals surface area contributed by atoms with Crippen LogP contribution >= 0.6 is 0 Å². The van der Waals surface area contributed by atoms with Crippen molar-refractivity contribution in [2.75, 3.05) is 17.7 Å². The fourth-order valence-electron chi connectivity index (χ4n) is 1.67. The number of nitrogens with zero attached hydrogens (tertiary/aromatic N) is 4. The van der Waals surface area contributed by atoms with Gasteiger partial charge in [0, 0.05) is 31.9 Å². The van der Waals surface area contributed by atoms with Crippen LogP contribution in [0, 0.1) is 0 Å². The Morgan fingerprint density at radius 3 is 2.65 bits per heavy atom. The average Bonchev–Trinajstić information content (AvgIpc) is 2.74. The highest BCUT2D eigenvalue weighted by atomic mass is 15.3. The van der Waals surface area contributed by atoms with Gasteiger partial charge in [0.15, 0.2) is 5.82 Å². The molecule has 0 amide bonds. The van der Waals surface area contributed by atoms with Crippen LogP contribution in [0.5, 0.6) is 0 Å². The van der Waals surface area contributed by atoms with Gasteiger partial charge in [-0.1, -0.05) is 6.92 Å². The smallest absolute Gasteiger partial charge is 0.153 e. The molecule has 0 aliphatic carbocycles. The molecule has 0 spiro atoms. The highest BCUT2D eigenvalue weighted by molar-refractivity contribution is 5.62. The van der Waals surface area contributed by atoms with E-state index in [1.54, 1.807) is 4.68 Å². The highest BCUT2D eigenvalue weighted by Crippen LogP contribution is 2.22. The van der Waals surface area contributed by atoms with Crippen LogP contribution < -0.4 is 10.6 Å². The first-order valence-electron chi connectivity index (χ1n) is 5.53. The van der Waals surface area contributed by atoms with Crippen molar-refractivity contribution in [1.29, 1.82) is 0 Å². The second kappa shape index (κ2) is 4.82. The van der Waals surface area contributed by atoms with E-state index in [0.29, 0.717) is 0 Å². The molecule has 0 aliphatic heterocycles. The van der Waals surface area contributed by atoms with Crippen molar-refractivity contribution < 1.29 is 0 Å². The van der Waals surface area contributed by atoms with Crippen LogP contribution in [-0.4, -0.2) is 26.8 Å². The Labute approximate surface area is 100 Å². The molecule has 90 valence electrons. The lowest BCUT2D eigenvalue weighted by molar-refractivity contribution is 0.771. The molecule has 17 heavy (non-hydrogen) atoms. The molecule has 0 bridgehead atoms. The summed E-state index contributed by atoms with van der Waals surface area (Å²) in [6.07, 6.45) is 4.27. The summed E-state index contributed by atoms with van der Waals surface area (Å²) >= 11 is 0. The average molecular weight is 232 g/mol. The van der Waals surface area contributed by atoms with Crippen LogP contribution in [0.25, 0.3) is 0 Å². The number of rotatable bonds is 4. The lowest BCUT2D eigenvalue weighted by Crippen LogP contribution is -2.05. The zero-order valence-corrected chi connectivity index (χ0v) is 10.2. The number of hydrogen-bond donors (Lipinski definition) is 2. The predicted octanol–water partition coefficient (Wildman–Crippen LogP) is 1.56. The molecule has 2 aromatic rings. The Morgan fingerprint density at radius 1 is 1.29 bits per heavy atom. The standard InChI is InChI=1S/C11H16N6/c1-4-8-10(12-2)13-7-14-11(8)15-9-5-6-17(3)16-9/h5-7H,4H2,1-3H3,(H2,12,13,14,15,16). The second-order valence-corrected chi connectivity index (χ2v) is 3.65. The SMILES string of the molecule is CCc1c(NC)ncnc1Nc1ccn(C)n1. The van der Waals surface area contributed by atoms with Crippen LogP contribution in [0.4, 0.5) is 17.5 Å². The van der Waals surface area contributed by atoms with Gasteiger partial charge in [-0.2, -0.15) is 5.10 Å². The zero-order chi connectivity index (χ0) is 12.3. The van der Waals surface area contributed by atoms with Crippen molar-refractivity contribution in [2.45, 2.75) is 13.3 Å². The molecule has 0 saturated heterocycles. The molecule has 0 aliphatic rings. The Hall–Kier alpha value is -2.11. The Bertz CT molecular complexity index is 504. The molecule has 6 nitrogen and oxygen atoms in total. The lowest BCUT2D eigenvalue weighted by Gasteiger charge is -2.11. The Balaban J connectivity index is 2.32. The van der Waals surface area contributed by atoms with Crippen LogP contribution in [0.2, 0.25) is 0 Å². The van der Waals surface area contributed by atoms with Gasteiger partial charge < -0.3 is 10.6 Å². The van der Waals surface area contributed by atoms with Crippen molar-refractivity contribution in [2.24, 2.45) is 7.05 Å². The molecule has 2 aromatic heterocycles. The quantitative estimate of drug-likeness (QED) is 0.837. The van der Waals surface area contributed by atoms with Gasteiger partial charge >= 0.3 is 0 Å². The molecule has 0 unspecified atom stereocenters. The maximum absolute atomic E-state index is 4.26. The molecule has 0 fully saturated rings. The van der Waals surface area contributed by atoms with Crippen LogP contribution in [-0.2, 0) is 13.5 Å². The van der Waals surface area contributed by atoms with Crippen molar-refractivity contribution in [3.05, 3.63) is 24.2 Å². The van der Waals surface area contributed by atoms with Gasteiger partial charge in [0.05, 0.1) is 0 Å². The molecule has 0 radical (unpaired) electrons. The molecule has 6 heteroatoms. The van der Waals surface area contributed by atoms with Gasteiger partial charge in [-0.3, -0.25) is 4.68 Å². The summed E-state index contributed by atoms with van der Waals surface area (Å²) in [5.41, 5.74) is 1.06. The third-order valence-corrected chi connectivity index (χ3v) is 2.50. The summed E-state index contributed by atoms with van der Waals surface area (Å²) < 4.78 is 1.74. The van der Waals surface area contributed by atoms with Crippen LogP contribution in [0.3, 0.4) is 0 Å². The van der Waals surface area contributed by atoms with Crippen molar-refractivity contribution in [3.8, 4) is 0 Å². The van der Waals surface area contributed by atoms with Gasteiger partial charge in [-0.25, -0.2) is 9.97 Å². The summed E-state index contributed by atoms with van der Waals surface area (Å²) in [5, 5.41) is 10.5. The van der Waals surface area contributed by atoms with Crippen molar-refractivity contribution >= 4 is 17.5 Å². The summed E-state index contributed by atoms with van der Waals surface area (Å²) in [5.74, 6) is 2.43.